The Bertz CT molecular complexity index is 582. The normalized spacial score (nSPS) is 10.1. The molecular formula is C12H12N4O2S. The smallest absolute Gasteiger partial charge is 0.230 e. The van der Waals surface area contributed by atoms with E-state index in [1.54, 1.807) is 0 Å². The fraction of sp³-hybridized carbons (Fsp3) is 0.167. The van der Waals surface area contributed by atoms with Gasteiger partial charge in [0.25, 0.3) is 0 Å². The first kappa shape index (κ1) is 13.2. The molecule has 0 spiro atoms. The van der Waals surface area contributed by atoms with Crippen molar-refractivity contribution in [2.45, 2.75) is 12.8 Å². The molecule has 98 valence electrons. The quantitative estimate of drug-likeness (QED) is 0.841. The minimum atomic E-state index is -0.474. The maximum absolute atomic E-state index is 11.7. The zero-order valence-corrected chi connectivity index (χ0v) is 10.8. The largest absolute Gasteiger partial charge is 0.369 e. The summed E-state index contributed by atoms with van der Waals surface area (Å²) in [5, 5.41) is 11.0. The maximum atomic E-state index is 11.7. The molecule has 1 aromatic heterocycles. The Kier molecular flexibility index (Phi) is 4.19. The summed E-state index contributed by atoms with van der Waals surface area (Å²) < 4.78 is 0. The fourth-order valence-electron chi connectivity index (χ4n) is 1.47. The van der Waals surface area contributed by atoms with E-state index in [2.05, 4.69) is 15.5 Å². The van der Waals surface area contributed by atoms with Gasteiger partial charge in [0.2, 0.25) is 16.9 Å². The molecule has 0 bridgehead atoms. The molecule has 2 aromatic rings. The third-order valence-electron chi connectivity index (χ3n) is 2.25. The van der Waals surface area contributed by atoms with Gasteiger partial charge in [-0.2, -0.15) is 0 Å². The van der Waals surface area contributed by atoms with Gasteiger partial charge < -0.3 is 11.1 Å². The Morgan fingerprint density at radius 3 is 2.58 bits per heavy atom. The second-order valence-corrected chi connectivity index (χ2v) is 4.92. The molecule has 6 nitrogen and oxygen atoms in total. The first-order chi connectivity index (χ1) is 9.13. The summed E-state index contributed by atoms with van der Waals surface area (Å²) in [6, 6.07) is 9.38. The molecule has 0 aliphatic heterocycles. The fourth-order valence-corrected chi connectivity index (χ4v) is 2.24. The second kappa shape index (κ2) is 6.05. The van der Waals surface area contributed by atoms with Gasteiger partial charge in [0.15, 0.2) is 0 Å². The van der Waals surface area contributed by atoms with Crippen LogP contribution in [-0.2, 0) is 22.4 Å². The number of primary amides is 1. The van der Waals surface area contributed by atoms with E-state index in [4.69, 9.17) is 5.73 Å². The molecule has 1 heterocycles. The van der Waals surface area contributed by atoms with Crippen LogP contribution in [0, 0.1) is 0 Å². The molecule has 19 heavy (non-hydrogen) atoms. The summed E-state index contributed by atoms with van der Waals surface area (Å²) in [4.78, 5) is 22.5. The van der Waals surface area contributed by atoms with Crippen LogP contribution in [0.25, 0.3) is 0 Å². The van der Waals surface area contributed by atoms with E-state index < -0.39 is 5.91 Å². The summed E-state index contributed by atoms with van der Waals surface area (Å²) >= 11 is 1.15. The Morgan fingerprint density at radius 1 is 1.16 bits per heavy atom. The SMILES string of the molecule is NC(=O)Cc1nnc(NC(=O)Cc2ccccc2)s1. The zero-order valence-electron chi connectivity index (χ0n) is 10.00. The van der Waals surface area contributed by atoms with Gasteiger partial charge in [-0.3, -0.25) is 9.59 Å². The highest BCUT2D eigenvalue weighted by Crippen LogP contribution is 2.15. The van der Waals surface area contributed by atoms with Crippen molar-refractivity contribution in [3.63, 3.8) is 0 Å². The van der Waals surface area contributed by atoms with Crippen molar-refractivity contribution in [1.29, 1.82) is 0 Å². The monoisotopic (exact) mass is 276 g/mol. The first-order valence-corrected chi connectivity index (χ1v) is 6.39. The van der Waals surface area contributed by atoms with Crippen LogP contribution in [0.4, 0.5) is 5.13 Å². The van der Waals surface area contributed by atoms with E-state index in [0.29, 0.717) is 10.1 Å². The van der Waals surface area contributed by atoms with Crippen molar-refractivity contribution in [2.24, 2.45) is 5.73 Å². The number of anilines is 1. The van der Waals surface area contributed by atoms with Crippen LogP contribution < -0.4 is 11.1 Å². The van der Waals surface area contributed by atoms with Crippen LogP contribution in [0.3, 0.4) is 0 Å². The minimum Gasteiger partial charge on any atom is -0.369 e. The van der Waals surface area contributed by atoms with Crippen LogP contribution in [-0.4, -0.2) is 22.0 Å². The zero-order chi connectivity index (χ0) is 13.7. The summed E-state index contributed by atoms with van der Waals surface area (Å²) in [6.07, 6.45) is 0.303. The molecule has 0 unspecified atom stereocenters. The molecule has 2 amide bonds. The van der Waals surface area contributed by atoms with Gasteiger partial charge in [0.1, 0.15) is 5.01 Å². The lowest BCUT2D eigenvalue weighted by Crippen LogP contribution is -2.14. The van der Waals surface area contributed by atoms with E-state index in [0.717, 1.165) is 16.9 Å². The van der Waals surface area contributed by atoms with Gasteiger partial charge in [-0.15, -0.1) is 10.2 Å². The van der Waals surface area contributed by atoms with Crippen LogP contribution in [0.15, 0.2) is 30.3 Å². The number of carbonyl (C=O) groups excluding carboxylic acids is 2. The highest BCUT2D eigenvalue weighted by molar-refractivity contribution is 7.15. The first-order valence-electron chi connectivity index (χ1n) is 5.58. The van der Waals surface area contributed by atoms with Gasteiger partial charge in [0, 0.05) is 0 Å². The molecule has 3 N–H and O–H groups in total. The molecule has 0 aliphatic rings. The van der Waals surface area contributed by atoms with Crippen molar-refractivity contribution in [3.05, 3.63) is 40.9 Å². The second-order valence-electron chi connectivity index (χ2n) is 3.85. The number of carbonyl (C=O) groups is 2. The number of aromatic nitrogens is 2. The lowest BCUT2D eigenvalue weighted by molar-refractivity contribution is -0.117. The number of amides is 2. The molecule has 0 aliphatic carbocycles. The third-order valence-corrected chi connectivity index (χ3v) is 3.08. The number of nitrogens with two attached hydrogens (primary N) is 1. The Balaban J connectivity index is 1.92. The number of benzene rings is 1. The number of hydrogen-bond donors (Lipinski definition) is 2. The van der Waals surface area contributed by atoms with E-state index in [-0.39, 0.29) is 18.7 Å². The predicted molar refractivity (Wildman–Crippen MR) is 71.6 cm³/mol. The lowest BCUT2D eigenvalue weighted by Gasteiger charge is -2.00. The summed E-state index contributed by atoms with van der Waals surface area (Å²) in [7, 11) is 0. The topological polar surface area (TPSA) is 98.0 Å². The number of nitrogens with zero attached hydrogens (tertiary/aromatic N) is 2. The van der Waals surface area contributed by atoms with Crippen LogP contribution >= 0.6 is 11.3 Å². The summed E-state index contributed by atoms with van der Waals surface area (Å²) in [5.74, 6) is -0.647. The number of rotatable bonds is 5. The Labute approximate surface area is 113 Å². The average Bonchev–Trinajstić information content (AvgIpc) is 2.76. The molecule has 1 aromatic carbocycles. The standard InChI is InChI=1S/C12H12N4O2S/c13-9(17)7-11-15-16-12(19-11)14-10(18)6-8-4-2-1-3-5-8/h1-5H,6-7H2,(H2,13,17)(H,14,16,18). The third kappa shape index (κ3) is 4.14. The van der Waals surface area contributed by atoms with Gasteiger partial charge >= 0.3 is 0 Å². The van der Waals surface area contributed by atoms with Crippen molar-refractivity contribution in [2.75, 3.05) is 5.32 Å². The molecule has 0 fully saturated rings. The molecule has 0 radical (unpaired) electrons. The van der Waals surface area contributed by atoms with Crippen molar-refractivity contribution < 1.29 is 9.59 Å². The van der Waals surface area contributed by atoms with Gasteiger partial charge in [-0.25, -0.2) is 0 Å². The predicted octanol–water partition coefficient (Wildman–Crippen LogP) is 0.747. The maximum Gasteiger partial charge on any atom is 0.230 e. The van der Waals surface area contributed by atoms with Crippen LogP contribution in [0.2, 0.25) is 0 Å². The number of nitrogens with one attached hydrogen (secondary N) is 1. The molecule has 7 heteroatoms. The average molecular weight is 276 g/mol. The molecule has 0 saturated heterocycles. The van der Waals surface area contributed by atoms with E-state index in [1.807, 2.05) is 30.3 Å². The molecular weight excluding hydrogens is 264 g/mol. The van der Waals surface area contributed by atoms with Crippen molar-refractivity contribution >= 4 is 28.3 Å². The molecule has 2 rings (SSSR count). The van der Waals surface area contributed by atoms with E-state index in [9.17, 15) is 9.59 Å². The van der Waals surface area contributed by atoms with Crippen LogP contribution in [0.5, 0.6) is 0 Å². The Morgan fingerprint density at radius 2 is 1.89 bits per heavy atom. The van der Waals surface area contributed by atoms with Crippen molar-refractivity contribution in [1.82, 2.24) is 10.2 Å². The number of hydrogen-bond acceptors (Lipinski definition) is 5. The highest BCUT2D eigenvalue weighted by atomic mass is 32.1. The summed E-state index contributed by atoms with van der Waals surface area (Å²) in [5.41, 5.74) is 5.97. The van der Waals surface area contributed by atoms with E-state index in [1.165, 1.54) is 0 Å². The minimum absolute atomic E-state index is 0.0340. The van der Waals surface area contributed by atoms with E-state index >= 15 is 0 Å². The molecule has 0 atom stereocenters. The van der Waals surface area contributed by atoms with Crippen molar-refractivity contribution in [3.8, 4) is 0 Å². The van der Waals surface area contributed by atoms with Crippen LogP contribution in [0.1, 0.15) is 10.6 Å². The Hall–Kier alpha value is -2.28. The summed E-state index contributed by atoms with van der Waals surface area (Å²) in [6.45, 7) is 0. The van der Waals surface area contributed by atoms with Gasteiger partial charge in [0.05, 0.1) is 12.8 Å². The van der Waals surface area contributed by atoms with Gasteiger partial charge in [-0.05, 0) is 5.56 Å². The highest BCUT2D eigenvalue weighted by Gasteiger charge is 2.10. The van der Waals surface area contributed by atoms with Gasteiger partial charge in [-0.1, -0.05) is 41.7 Å². The molecule has 0 saturated carbocycles. The lowest BCUT2D eigenvalue weighted by atomic mass is 10.1.